The zero-order chi connectivity index (χ0) is 27.9. The van der Waals surface area contributed by atoms with Gasteiger partial charge in [-0.25, -0.2) is 0 Å². The molecule has 0 bridgehead atoms. The van der Waals surface area contributed by atoms with Gasteiger partial charge in [0.15, 0.2) is 0 Å². The van der Waals surface area contributed by atoms with E-state index in [1.807, 2.05) is 0 Å². The quantitative estimate of drug-likeness (QED) is 0.232. The minimum atomic E-state index is -1.10. The minimum absolute atomic E-state index is 0.841. The van der Waals surface area contributed by atoms with Crippen molar-refractivity contribution < 1.29 is 0 Å². The molecule has 0 N–H and O–H groups in total. The van der Waals surface area contributed by atoms with E-state index >= 15 is 0 Å². The Bertz CT molecular complexity index is 523. The van der Waals surface area contributed by atoms with Crippen molar-refractivity contribution in [2.24, 2.45) is 0 Å². The van der Waals surface area contributed by atoms with Gasteiger partial charge in [0, 0.05) is 0 Å². The van der Waals surface area contributed by atoms with Crippen LogP contribution < -0.4 is 0 Å². The van der Waals surface area contributed by atoms with Crippen LogP contribution >= 0.6 is 12.1 Å². The van der Waals surface area contributed by atoms with Crippen LogP contribution in [0.5, 0.6) is 0 Å². The van der Waals surface area contributed by atoms with Gasteiger partial charge in [-0.1, -0.05) is 0 Å². The summed E-state index contributed by atoms with van der Waals surface area (Å²) in [4.78, 5) is 0. The molecular weight excluding hydrogens is 400 g/mol. The van der Waals surface area contributed by atoms with Crippen LogP contribution in [0.25, 0.3) is 0 Å². The molecule has 0 nitrogen and oxygen atoms in total. The van der Waals surface area contributed by atoms with Gasteiger partial charge in [-0.05, 0) is 0 Å². The monoisotopic (exact) mass is 406 g/mol. The third-order valence-electron chi connectivity index (χ3n) is 6.82. The molecule has 0 spiro atoms. The molecule has 35 heavy (non-hydrogen) atoms. The Morgan fingerprint density at radius 2 is 0.543 bits per heavy atom. The van der Waals surface area contributed by atoms with Crippen LogP contribution in [0.15, 0.2) is 0 Å². The van der Waals surface area contributed by atoms with Gasteiger partial charge in [0.2, 0.25) is 0 Å². The van der Waals surface area contributed by atoms with Gasteiger partial charge in [0.1, 0.15) is 0 Å². The molecular formula is B34S. The Kier molecular flexibility index (Phi) is 18.5. The van der Waals surface area contributed by atoms with Crippen LogP contribution in [0.4, 0.5) is 0 Å². The van der Waals surface area contributed by atoms with Crippen molar-refractivity contribution in [1.29, 1.82) is 0 Å². The molecule has 0 aromatic carbocycles. The third kappa shape index (κ3) is 10.4. The summed E-state index contributed by atoms with van der Waals surface area (Å²) in [5.74, 6) is 0. The fraction of sp³-hybridized carbons (Fsp3) is 0. The standard InChI is InChI=1S/B34S/c1-19(2)27(17)32(26(15)16)34(31(24(11)12)25(13)14)28(18-35)33(29(20(3)4)21(5)6)30(22(7)8)23(9)10. The third-order valence-corrected chi connectivity index (χ3v) is 7.14. The SMILES string of the molecule is [B]B([B])B([B])B(B([B])[B])B(B(B=S)B(B(B([B])[B])B([B])[B])B(B([B])[B])B([B])[B])B(B([B])[B])B([B])[B]. The zero-order valence-corrected chi connectivity index (χ0v) is 20.9. The van der Waals surface area contributed by atoms with Crippen LogP contribution in [-0.4, -0.2) is 240 Å². The topological polar surface area (TPSA) is 0 Å². The van der Waals surface area contributed by atoms with Crippen molar-refractivity contribution in [2.75, 3.05) is 0 Å². The van der Waals surface area contributed by atoms with Crippen LogP contribution in [-0.2, 0) is 0 Å². The fourth-order valence-corrected chi connectivity index (χ4v) is 5.68. The number of rotatable bonds is 16. The molecule has 0 aromatic heterocycles. The summed E-state index contributed by atoms with van der Waals surface area (Å²) < 4.78 is 0. The summed E-state index contributed by atoms with van der Waals surface area (Å²) in [6.07, 6.45) is -15.7. The second-order valence-corrected chi connectivity index (χ2v) is 9.65. The van der Waals surface area contributed by atoms with Crippen LogP contribution in [0.2, 0.25) is 0 Å². The van der Waals surface area contributed by atoms with E-state index in [0.717, 1.165) is 0 Å². The van der Waals surface area contributed by atoms with Crippen LogP contribution in [0.3, 0.4) is 0 Å². The van der Waals surface area contributed by atoms with Gasteiger partial charge in [0.25, 0.3) is 0 Å². The summed E-state index contributed by atoms with van der Waals surface area (Å²) in [5.41, 5.74) is 0. The van der Waals surface area contributed by atoms with E-state index in [-0.39, 0.29) is 0 Å². The second-order valence-electron chi connectivity index (χ2n) is 9.37. The molecule has 0 aliphatic rings. The molecule has 0 amide bonds. The van der Waals surface area contributed by atoms with Gasteiger partial charge in [0.05, 0.1) is 0 Å². The normalized spacial score (nSPS) is 9.37. The Hall–Kier alpha value is 2.43. The molecule has 108 valence electrons. The van der Waals surface area contributed by atoms with E-state index in [2.05, 4.69) is 0 Å². The maximum absolute atomic E-state index is 6.37. The zero-order valence-electron chi connectivity index (χ0n) is 20.0. The number of hydrogen-bond acceptors (Lipinski definition) is 1. The van der Waals surface area contributed by atoms with Gasteiger partial charge in [-0.3, -0.25) is 0 Å². The first-order chi connectivity index (χ1) is 15.9. The molecule has 0 aliphatic carbocycles. The Balaban J connectivity index is 7.47. The molecule has 0 saturated carbocycles. The average molecular weight is 400 g/mol. The fourth-order valence-electron chi connectivity index (χ4n) is 5.31. The summed E-state index contributed by atoms with van der Waals surface area (Å²) in [7, 11) is 104. The van der Waals surface area contributed by atoms with Crippen molar-refractivity contribution in [3.05, 3.63) is 0 Å². The predicted octanol–water partition coefficient (Wildman–Crippen LogP) is -12.3. The van der Waals surface area contributed by atoms with Crippen LogP contribution in [0, 0.1) is 0 Å². The first-order valence-electron chi connectivity index (χ1n) is 11.2. The van der Waals surface area contributed by atoms with Crippen molar-refractivity contribution in [3.63, 3.8) is 0 Å². The van der Waals surface area contributed by atoms with Gasteiger partial charge >= 0.3 is 252 Å². The predicted molar refractivity (Wildman–Crippen MR) is 203 cm³/mol. The van der Waals surface area contributed by atoms with E-state index in [1.165, 1.54) is 6.05 Å². The number of hydrogen-bond donors (Lipinski definition) is 0. The average Bonchev–Trinajstić information content (AvgIpc) is 2.66. The summed E-state index contributed by atoms with van der Waals surface area (Å²) in [6, 6.07) is 1.38. The van der Waals surface area contributed by atoms with Crippen molar-refractivity contribution in [3.8, 4) is 0 Å². The first kappa shape index (κ1) is 37.4. The molecule has 0 atom stereocenters. The molecule has 0 unspecified atom stereocenters. The first-order valence-corrected chi connectivity index (χ1v) is 11.7. The summed E-state index contributed by atoms with van der Waals surface area (Å²) in [5, 5.41) is 0. The Morgan fingerprint density at radius 1 is 0.314 bits per heavy atom. The summed E-state index contributed by atoms with van der Waals surface area (Å²) in [6.45, 7) is 0. The Labute approximate surface area is 250 Å². The van der Waals surface area contributed by atoms with E-state index < -0.39 is 102 Å². The molecule has 0 fully saturated rings. The van der Waals surface area contributed by atoms with Gasteiger partial charge in [-0.2, -0.15) is 0 Å². The molecule has 0 saturated heterocycles. The van der Waals surface area contributed by atoms with E-state index in [1.54, 1.807) is 0 Å². The molecule has 0 heterocycles. The van der Waals surface area contributed by atoms with E-state index in [9.17, 15) is 0 Å². The van der Waals surface area contributed by atoms with E-state index in [0.29, 0.717) is 0 Å². The molecule has 0 rings (SSSR count). The molecule has 35 heteroatoms. The second kappa shape index (κ2) is 17.3. The van der Waals surface area contributed by atoms with Crippen molar-refractivity contribution >= 4 is 252 Å². The van der Waals surface area contributed by atoms with Gasteiger partial charge < -0.3 is 0 Å². The maximum atomic E-state index is 6.37. The van der Waals surface area contributed by atoms with Crippen molar-refractivity contribution in [1.82, 2.24) is 0 Å². The summed E-state index contributed by atoms with van der Waals surface area (Å²) >= 11 is 5.46. The van der Waals surface area contributed by atoms with Crippen molar-refractivity contribution in [2.45, 2.75) is 0 Å². The molecule has 0 aliphatic heterocycles. The Morgan fingerprint density at radius 3 is 0.714 bits per heavy atom. The molecule has 0 aromatic rings. The van der Waals surface area contributed by atoms with Gasteiger partial charge in [-0.15, -0.1) is 0 Å². The molecule has 34 radical (unpaired) electrons. The van der Waals surface area contributed by atoms with E-state index in [4.69, 9.17) is 144 Å². The van der Waals surface area contributed by atoms with Crippen LogP contribution in [0.1, 0.15) is 0 Å².